The van der Waals surface area contributed by atoms with Gasteiger partial charge in [0, 0.05) is 25.6 Å². The summed E-state index contributed by atoms with van der Waals surface area (Å²) in [5, 5.41) is 13.9. The number of carbonyl (C=O) groups excluding carboxylic acids is 3. The molecule has 1 heterocycles. The van der Waals surface area contributed by atoms with Crippen LogP contribution in [0.15, 0.2) is 43.1 Å². The summed E-state index contributed by atoms with van der Waals surface area (Å²) in [4.78, 5) is 42.3. The molecule has 1 aliphatic carbocycles. The Morgan fingerprint density at radius 3 is 2.49 bits per heavy atom. The molecule has 0 bridgehead atoms. The van der Waals surface area contributed by atoms with E-state index in [9.17, 15) is 23.2 Å². The van der Waals surface area contributed by atoms with Crippen molar-refractivity contribution >= 4 is 23.6 Å². The molecule has 0 radical (unpaired) electrons. The molecule has 0 aromatic heterocycles. The van der Waals surface area contributed by atoms with Crippen LogP contribution in [-0.2, 0) is 20.9 Å². The minimum absolute atomic E-state index is 0.0163. The standard InChI is InChI=1S/C29H41F2N5O3/c1-3-35(19-21-10-6-4-7-11-21)27(32)29(39)34-26(23-12-8-5-9-13-23)28(38)33-18-25(37)36-17-16-22(20(36)2)14-15-24(30)31/h3-4,6-7,10-11,20,22-24,26,32H,1,5,8-9,12-19H2,2H3,(H,33,38)(H,34,39)/t20?,22-,26?/m0/s1. The second kappa shape index (κ2) is 14.7. The van der Waals surface area contributed by atoms with Gasteiger partial charge in [-0.25, -0.2) is 8.78 Å². The summed E-state index contributed by atoms with van der Waals surface area (Å²) < 4.78 is 25.3. The second-order valence-corrected chi connectivity index (χ2v) is 10.6. The molecule has 2 aliphatic rings. The number of benzene rings is 1. The van der Waals surface area contributed by atoms with E-state index in [1.54, 1.807) is 4.90 Å². The number of carbonyl (C=O) groups is 3. The topological polar surface area (TPSA) is 106 Å². The third-order valence-corrected chi connectivity index (χ3v) is 8.01. The van der Waals surface area contributed by atoms with Gasteiger partial charge in [-0.2, -0.15) is 0 Å². The molecule has 1 aliphatic heterocycles. The summed E-state index contributed by atoms with van der Waals surface area (Å²) in [5.74, 6) is -1.80. The van der Waals surface area contributed by atoms with Gasteiger partial charge in [-0.1, -0.05) is 56.2 Å². The summed E-state index contributed by atoms with van der Waals surface area (Å²) in [7, 11) is 0. The molecule has 1 aromatic rings. The lowest BCUT2D eigenvalue weighted by molar-refractivity contribution is -0.135. The number of nitrogens with zero attached hydrogens (tertiary/aromatic N) is 2. The number of halogens is 2. The number of likely N-dealkylation sites (tertiary alicyclic amines) is 1. The quantitative estimate of drug-likeness (QED) is 0.288. The van der Waals surface area contributed by atoms with E-state index >= 15 is 0 Å². The van der Waals surface area contributed by atoms with Gasteiger partial charge in [0.2, 0.25) is 18.2 Å². The lowest BCUT2D eigenvalue weighted by Crippen LogP contribution is -2.55. The van der Waals surface area contributed by atoms with Crippen molar-refractivity contribution in [2.45, 2.75) is 83.3 Å². The van der Waals surface area contributed by atoms with Crippen molar-refractivity contribution < 1.29 is 23.2 Å². The first kappa shape index (κ1) is 30.2. The van der Waals surface area contributed by atoms with Crippen LogP contribution in [0, 0.1) is 17.2 Å². The molecule has 1 saturated heterocycles. The van der Waals surface area contributed by atoms with Gasteiger partial charge in [-0.15, -0.1) is 0 Å². The molecule has 3 rings (SSSR count). The largest absolute Gasteiger partial charge is 0.345 e. The Bertz CT molecular complexity index is 1000. The van der Waals surface area contributed by atoms with Crippen LogP contribution in [0.25, 0.3) is 0 Å². The van der Waals surface area contributed by atoms with Crippen LogP contribution >= 0.6 is 0 Å². The van der Waals surface area contributed by atoms with Gasteiger partial charge in [0.25, 0.3) is 5.91 Å². The molecule has 2 unspecified atom stereocenters. The van der Waals surface area contributed by atoms with Crippen molar-refractivity contribution in [3.8, 4) is 0 Å². The third-order valence-electron chi connectivity index (χ3n) is 8.01. The molecule has 3 amide bonds. The van der Waals surface area contributed by atoms with E-state index in [0.717, 1.165) is 37.7 Å². The summed E-state index contributed by atoms with van der Waals surface area (Å²) >= 11 is 0. The minimum atomic E-state index is -2.36. The van der Waals surface area contributed by atoms with Gasteiger partial charge < -0.3 is 20.4 Å². The second-order valence-electron chi connectivity index (χ2n) is 10.6. The van der Waals surface area contributed by atoms with E-state index in [2.05, 4.69) is 17.2 Å². The fraction of sp³-hybridized carbons (Fsp3) is 0.586. The van der Waals surface area contributed by atoms with Crippen molar-refractivity contribution in [2.75, 3.05) is 13.1 Å². The van der Waals surface area contributed by atoms with Crippen molar-refractivity contribution in [3.63, 3.8) is 0 Å². The molecule has 214 valence electrons. The van der Waals surface area contributed by atoms with E-state index < -0.39 is 24.3 Å². The Morgan fingerprint density at radius 1 is 1.15 bits per heavy atom. The average molecular weight is 546 g/mol. The zero-order valence-electron chi connectivity index (χ0n) is 22.7. The molecule has 8 nitrogen and oxygen atoms in total. The van der Waals surface area contributed by atoms with Gasteiger partial charge >= 0.3 is 0 Å². The summed E-state index contributed by atoms with van der Waals surface area (Å²) in [6.07, 6.45) is 4.39. The van der Waals surface area contributed by atoms with Crippen LogP contribution in [-0.4, -0.2) is 65.0 Å². The van der Waals surface area contributed by atoms with Crippen molar-refractivity contribution in [1.82, 2.24) is 20.4 Å². The maximum Gasteiger partial charge on any atom is 0.287 e. The van der Waals surface area contributed by atoms with E-state index in [1.807, 2.05) is 37.3 Å². The maximum atomic E-state index is 13.3. The summed E-state index contributed by atoms with van der Waals surface area (Å²) in [6, 6.07) is 8.36. The Morgan fingerprint density at radius 2 is 1.85 bits per heavy atom. The predicted molar refractivity (Wildman–Crippen MR) is 146 cm³/mol. The van der Waals surface area contributed by atoms with Gasteiger partial charge in [0.05, 0.1) is 6.54 Å². The summed E-state index contributed by atoms with van der Waals surface area (Å²) in [6.45, 7) is 6.13. The van der Waals surface area contributed by atoms with Crippen molar-refractivity contribution in [3.05, 3.63) is 48.7 Å². The Hall–Kier alpha value is -3.30. The molecule has 1 aromatic carbocycles. The monoisotopic (exact) mass is 545 g/mol. The Labute approximate surface area is 229 Å². The lowest BCUT2D eigenvalue weighted by Gasteiger charge is -2.31. The van der Waals surface area contributed by atoms with Crippen molar-refractivity contribution in [1.29, 1.82) is 5.41 Å². The first-order valence-corrected chi connectivity index (χ1v) is 13.9. The average Bonchev–Trinajstić information content (AvgIpc) is 3.32. The number of rotatable bonds is 11. The normalized spacial score (nSPS) is 20.4. The van der Waals surface area contributed by atoms with Crippen LogP contribution in [0.3, 0.4) is 0 Å². The van der Waals surface area contributed by atoms with Crippen LogP contribution in [0.5, 0.6) is 0 Å². The SMILES string of the molecule is C=CN(Cc1ccccc1)C(=N)C(=O)NC(C(=O)NCC(=O)N1CC[C@H](CCC(F)F)C1C)C1CCCCC1. The highest BCUT2D eigenvalue weighted by Gasteiger charge is 2.36. The van der Waals surface area contributed by atoms with Gasteiger partial charge in [0.1, 0.15) is 6.04 Å². The molecule has 39 heavy (non-hydrogen) atoms. The Balaban J connectivity index is 1.60. The zero-order chi connectivity index (χ0) is 28.4. The summed E-state index contributed by atoms with van der Waals surface area (Å²) in [5.41, 5.74) is 0.905. The van der Waals surface area contributed by atoms with Gasteiger partial charge in [-0.3, -0.25) is 19.8 Å². The molecule has 0 spiro atoms. The van der Waals surface area contributed by atoms with Crippen LogP contribution in [0.4, 0.5) is 8.78 Å². The number of nitrogens with one attached hydrogen (secondary N) is 3. The third kappa shape index (κ3) is 8.60. The molecule has 3 N–H and O–H groups in total. The fourth-order valence-corrected chi connectivity index (χ4v) is 5.68. The molecule has 2 fully saturated rings. The molecule has 1 saturated carbocycles. The zero-order valence-corrected chi connectivity index (χ0v) is 22.7. The van der Waals surface area contributed by atoms with Crippen LogP contribution < -0.4 is 10.6 Å². The van der Waals surface area contributed by atoms with Crippen LogP contribution in [0.2, 0.25) is 0 Å². The first-order chi connectivity index (χ1) is 18.7. The Kier molecular flexibility index (Phi) is 11.4. The predicted octanol–water partition coefficient (Wildman–Crippen LogP) is 4.07. The van der Waals surface area contributed by atoms with E-state index in [4.69, 9.17) is 5.41 Å². The van der Waals surface area contributed by atoms with Crippen LogP contribution in [0.1, 0.15) is 63.9 Å². The van der Waals surface area contributed by atoms with E-state index in [0.29, 0.717) is 19.4 Å². The molecular weight excluding hydrogens is 504 g/mol. The van der Waals surface area contributed by atoms with Crippen molar-refractivity contribution in [2.24, 2.45) is 11.8 Å². The van der Waals surface area contributed by atoms with E-state index in [-0.39, 0.29) is 49.1 Å². The van der Waals surface area contributed by atoms with Gasteiger partial charge in [0.15, 0.2) is 5.84 Å². The smallest absolute Gasteiger partial charge is 0.287 e. The molecule has 3 atom stereocenters. The molecular formula is C29H41F2N5O3. The number of alkyl halides is 2. The lowest BCUT2D eigenvalue weighted by atomic mass is 9.83. The maximum absolute atomic E-state index is 13.3. The highest BCUT2D eigenvalue weighted by atomic mass is 19.3. The highest BCUT2D eigenvalue weighted by molar-refractivity contribution is 6.37. The first-order valence-electron chi connectivity index (χ1n) is 13.9. The number of amidine groups is 1. The fourth-order valence-electron chi connectivity index (χ4n) is 5.68. The number of hydrogen-bond acceptors (Lipinski definition) is 4. The minimum Gasteiger partial charge on any atom is -0.345 e. The van der Waals surface area contributed by atoms with Gasteiger partial charge in [-0.05, 0) is 56.2 Å². The number of hydrogen-bond donors (Lipinski definition) is 3. The van der Waals surface area contributed by atoms with E-state index in [1.165, 1.54) is 11.1 Å². The molecule has 10 heteroatoms. The number of amides is 3. The highest BCUT2D eigenvalue weighted by Crippen LogP contribution is 2.29.